The van der Waals surface area contributed by atoms with Crippen LogP contribution in [-0.4, -0.2) is 21.9 Å². The molecule has 4 aromatic rings. The van der Waals surface area contributed by atoms with Crippen LogP contribution >= 0.6 is 15.9 Å². The van der Waals surface area contributed by atoms with Crippen molar-refractivity contribution in [3.05, 3.63) is 94.0 Å². The second-order valence-electron chi connectivity index (χ2n) is 7.83. The minimum Gasteiger partial charge on any atom is -0.343 e. The van der Waals surface area contributed by atoms with Crippen LogP contribution in [0.1, 0.15) is 40.9 Å². The fourth-order valence-electron chi connectivity index (χ4n) is 4.81. The van der Waals surface area contributed by atoms with Crippen molar-refractivity contribution in [2.45, 2.75) is 19.4 Å². The minimum absolute atomic E-state index is 0.0848. The second kappa shape index (κ2) is 7.44. The summed E-state index contributed by atoms with van der Waals surface area (Å²) in [5.74, 6) is 0.132. The Labute approximate surface area is 185 Å². The first-order valence-corrected chi connectivity index (χ1v) is 11.1. The third kappa shape index (κ3) is 2.82. The molecule has 0 aliphatic carbocycles. The molecular weight excluding hydrogens is 436 g/mol. The summed E-state index contributed by atoms with van der Waals surface area (Å²) in [5.41, 5.74) is 6.64. The van der Waals surface area contributed by atoms with Crippen molar-refractivity contribution in [1.29, 1.82) is 0 Å². The molecule has 0 saturated heterocycles. The van der Waals surface area contributed by atoms with Crippen molar-refractivity contribution in [2.75, 3.05) is 6.54 Å². The maximum atomic E-state index is 13.3. The van der Waals surface area contributed by atoms with E-state index in [1.807, 2.05) is 18.2 Å². The number of fused-ring (bicyclic) bond motifs is 2. The molecule has 0 bridgehead atoms. The lowest BCUT2D eigenvalue weighted by atomic mass is 9.93. The Morgan fingerprint density at radius 3 is 2.40 bits per heavy atom. The highest BCUT2D eigenvalue weighted by atomic mass is 79.9. The smallest absolute Gasteiger partial charge is 0.255 e. The van der Waals surface area contributed by atoms with Crippen LogP contribution in [0.4, 0.5) is 0 Å². The summed E-state index contributed by atoms with van der Waals surface area (Å²) in [6, 6.07) is 25.0. The van der Waals surface area contributed by atoms with Crippen molar-refractivity contribution in [1.82, 2.24) is 9.47 Å². The Morgan fingerprint density at radius 1 is 0.933 bits per heavy atom. The predicted molar refractivity (Wildman–Crippen MR) is 126 cm³/mol. The van der Waals surface area contributed by atoms with Crippen LogP contribution < -0.4 is 0 Å². The van der Waals surface area contributed by atoms with Gasteiger partial charge in [-0.2, -0.15) is 0 Å². The van der Waals surface area contributed by atoms with E-state index in [9.17, 15) is 4.79 Å². The first-order chi connectivity index (χ1) is 14.6. The number of carbonyl (C=O) groups excluding carboxylic acids is 1. The zero-order valence-electron chi connectivity index (χ0n) is 17.1. The summed E-state index contributed by atoms with van der Waals surface area (Å²) < 4.78 is 3.32. The van der Waals surface area contributed by atoms with Gasteiger partial charge in [0.25, 0.3) is 5.91 Å². The molecule has 0 fully saturated rings. The molecular formula is C26H23BrN2O. The van der Waals surface area contributed by atoms with E-state index in [2.05, 4.69) is 94.0 Å². The Hall–Kier alpha value is -2.85. The van der Waals surface area contributed by atoms with Gasteiger partial charge in [0, 0.05) is 40.1 Å². The number of aromatic nitrogens is 1. The fraction of sp³-hybridized carbons (Fsp3) is 0.192. The van der Waals surface area contributed by atoms with Gasteiger partial charge in [-0.05, 0) is 41.8 Å². The number of benzene rings is 3. The van der Waals surface area contributed by atoms with Crippen LogP contribution in [0, 0.1) is 0 Å². The Balaban J connectivity index is 1.85. The Bertz CT molecular complexity index is 1260. The molecule has 1 aliphatic heterocycles. The predicted octanol–water partition coefficient (Wildman–Crippen LogP) is 6.56. The van der Waals surface area contributed by atoms with Gasteiger partial charge in [0.15, 0.2) is 0 Å². The maximum Gasteiger partial charge on any atom is 0.255 e. The summed E-state index contributed by atoms with van der Waals surface area (Å²) in [5, 5.41) is 1.20. The molecule has 0 radical (unpaired) electrons. The molecule has 0 saturated carbocycles. The van der Waals surface area contributed by atoms with Gasteiger partial charge in [-0.15, -0.1) is 0 Å². The maximum absolute atomic E-state index is 13.3. The number of aryl methyl sites for hydroxylation is 1. The second-order valence-corrected chi connectivity index (χ2v) is 8.75. The lowest BCUT2D eigenvalue weighted by molar-refractivity contribution is 0.0751. The highest BCUT2D eigenvalue weighted by Gasteiger charge is 2.40. The van der Waals surface area contributed by atoms with Gasteiger partial charge >= 0.3 is 0 Å². The first-order valence-electron chi connectivity index (χ1n) is 10.3. The number of amides is 1. The molecule has 5 rings (SSSR count). The van der Waals surface area contributed by atoms with E-state index < -0.39 is 0 Å². The van der Waals surface area contributed by atoms with E-state index in [1.54, 1.807) is 0 Å². The van der Waals surface area contributed by atoms with Crippen LogP contribution in [0.2, 0.25) is 0 Å². The van der Waals surface area contributed by atoms with Gasteiger partial charge in [0.1, 0.15) is 0 Å². The summed E-state index contributed by atoms with van der Waals surface area (Å²) in [6.45, 7) is 2.87. The number of nitrogens with zero attached hydrogens (tertiary/aromatic N) is 2. The van der Waals surface area contributed by atoms with Crippen molar-refractivity contribution >= 4 is 32.7 Å². The molecule has 4 heteroatoms. The number of hydrogen-bond donors (Lipinski definition) is 0. The number of carbonyl (C=O) groups is 1. The summed E-state index contributed by atoms with van der Waals surface area (Å²) in [7, 11) is 2.12. The Morgan fingerprint density at radius 2 is 1.63 bits per heavy atom. The third-order valence-corrected chi connectivity index (χ3v) is 6.59. The van der Waals surface area contributed by atoms with Crippen molar-refractivity contribution in [3.63, 3.8) is 0 Å². The zero-order chi connectivity index (χ0) is 20.8. The van der Waals surface area contributed by atoms with Gasteiger partial charge in [-0.25, -0.2) is 0 Å². The van der Waals surface area contributed by atoms with Gasteiger partial charge in [-0.1, -0.05) is 71.4 Å². The van der Waals surface area contributed by atoms with E-state index in [-0.39, 0.29) is 11.9 Å². The first kappa shape index (κ1) is 19.1. The average molecular weight is 459 g/mol. The van der Waals surface area contributed by atoms with Crippen LogP contribution in [0.15, 0.2) is 77.3 Å². The monoisotopic (exact) mass is 458 g/mol. The van der Waals surface area contributed by atoms with Gasteiger partial charge in [-0.3, -0.25) is 4.79 Å². The van der Waals surface area contributed by atoms with Crippen LogP contribution in [0.25, 0.3) is 22.2 Å². The molecule has 30 heavy (non-hydrogen) atoms. The van der Waals surface area contributed by atoms with Crippen molar-refractivity contribution < 1.29 is 4.79 Å². The molecule has 1 atom stereocenters. The molecule has 1 aliphatic rings. The summed E-state index contributed by atoms with van der Waals surface area (Å²) in [4.78, 5) is 15.4. The van der Waals surface area contributed by atoms with Crippen LogP contribution in [0.3, 0.4) is 0 Å². The van der Waals surface area contributed by atoms with E-state index in [1.165, 1.54) is 22.2 Å². The Kier molecular flexibility index (Phi) is 4.75. The highest BCUT2D eigenvalue weighted by molar-refractivity contribution is 9.10. The molecule has 0 N–H and O–H groups in total. The van der Waals surface area contributed by atoms with Gasteiger partial charge in [0.05, 0.1) is 11.7 Å². The van der Waals surface area contributed by atoms with E-state index >= 15 is 0 Å². The average Bonchev–Trinajstić information content (AvgIpc) is 3.21. The van der Waals surface area contributed by atoms with Gasteiger partial charge in [0.2, 0.25) is 0 Å². The lowest BCUT2D eigenvalue weighted by Gasteiger charge is -2.26. The number of halogens is 1. The summed E-state index contributed by atoms with van der Waals surface area (Å²) in [6.07, 6.45) is 0.925. The van der Waals surface area contributed by atoms with Crippen LogP contribution in [0.5, 0.6) is 0 Å². The molecule has 2 heterocycles. The molecule has 0 unspecified atom stereocenters. The van der Waals surface area contributed by atoms with E-state index in [0.717, 1.165) is 34.1 Å². The fourth-order valence-corrected chi connectivity index (χ4v) is 5.07. The zero-order valence-corrected chi connectivity index (χ0v) is 18.7. The molecule has 3 nitrogen and oxygen atoms in total. The largest absolute Gasteiger partial charge is 0.343 e. The lowest BCUT2D eigenvalue weighted by Crippen LogP contribution is -2.29. The summed E-state index contributed by atoms with van der Waals surface area (Å²) >= 11 is 3.56. The molecule has 0 spiro atoms. The van der Waals surface area contributed by atoms with Gasteiger partial charge < -0.3 is 9.47 Å². The van der Waals surface area contributed by atoms with Crippen molar-refractivity contribution in [2.24, 2.45) is 7.05 Å². The quantitative estimate of drug-likeness (QED) is 0.339. The molecule has 1 amide bonds. The SMILES string of the molecule is CCCN1C(=O)c2ccccc2[C@H]1c1c(-c2ccc(Br)cc2)n(C)c2ccccc12. The van der Waals surface area contributed by atoms with E-state index in [0.29, 0.717) is 0 Å². The topological polar surface area (TPSA) is 25.2 Å². The number of hydrogen-bond acceptors (Lipinski definition) is 1. The van der Waals surface area contributed by atoms with Crippen LogP contribution in [-0.2, 0) is 7.05 Å². The van der Waals surface area contributed by atoms with E-state index in [4.69, 9.17) is 0 Å². The third-order valence-electron chi connectivity index (χ3n) is 6.06. The number of rotatable bonds is 4. The number of para-hydroxylation sites is 1. The molecule has 3 aromatic carbocycles. The molecule has 150 valence electrons. The van der Waals surface area contributed by atoms with Crippen molar-refractivity contribution in [3.8, 4) is 11.3 Å². The normalized spacial score (nSPS) is 15.8. The highest BCUT2D eigenvalue weighted by Crippen LogP contribution is 2.46. The standard InChI is InChI=1S/C26H23BrN2O/c1-3-16-29-25(19-8-4-5-9-20(19)26(29)30)23-21-10-6-7-11-22(21)28(2)24(23)17-12-14-18(27)15-13-17/h4-15,25H,3,16H2,1-2H3/t25-/m0/s1. The minimum atomic E-state index is -0.0848. The molecule has 1 aromatic heterocycles.